The van der Waals surface area contributed by atoms with Crippen molar-refractivity contribution in [2.24, 2.45) is 11.8 Å². The van der Waals surface area contributed by atoms with E-state index in [1.54, 1.807) is 0 Å². The zero-order valence-electron chi connectivity index (χ0n) is 14.9. The van der Waals surface area contributed by atoms with Crippen LogP contribution in [0.1, 0.15) is 24.8 Å². The number of benzene rings is 1. The molecule has 138 valence electrons. The van der Waals surface area contributed by atoms with Gasteiger partial charge < -0.3 is 10.1 Å². The minimum absolute atomic E-state index is 0.120. The van der Waals surface area contributed by atoms with Crippen molar-refractivity contribution in [1.29, 1.82) is 0 Å². The molecule has 1 N–H and O–H groups in total. The van der Waals surface area contributed by atoms with Crippen LogP contribution in [0.3, 0.4) is 0 Å². The van der Waals surface area contributed by atoms with Crippen LogP contribution < -0.4 is 10.1 Å². The number of hydrogen-bond donors (Lipinski definition) is 1. The van der Waals surface area contributed by atoms with Crippen LogP contribution in [0.25, 0.3) is 0 Å². The summed E-state index contributed by atoms with van der Waals surface area (Å²) in [5.41, 5.74) is 1.16. The fourth-order valence-electron chi connectivity index (χ4n) is 3.38. The summed E-state index contributed by atoms with van der Waals surface area (Å²) in [7, 11) is 0. The predicted molar refractivity (Wildman–Crippen MR) is 96.4 cm³/mol. The summed E-state index contributed by atoms with van der Waals surface area (Å²) in [4.78, 5) is 37.9. The van der Waals surface area contributed by atoms with Crippen molar-refractivity contribution < 1.29 is 19.1 Å². The quantitative estimate of drug-likeness (QED) is 0.459. The SMILES string of the molecule is Cc1ccc(OCCNC(=O)CCN2C(=O)[C@H]3CC=CC[C@H]3C2=O)cc1. The van der Waals surface area contributed by atoms with Crippen LogP contribution in [0.5, 0.6) is 5.75 Å². The molecule has 6 heteroatoms. The first-order valence-corrected chi connectivity index (χ1v) is 9.02. The molecule has 0 unspecified atom stereocenters. The van der Waals surface area contributed by atoms with Gasteiger partial charge >= 0.3 is 0 Å². The van der Waals surface area contributed by atoms with E-state index in [4.69, 9.17) is 4.74 Å². The third kappa shape index (κ3) is 4.12. The Kier molecular flexibility index (Phi) is 5.71. The van der Waals surface area contributed by atoms with E-state index in [2.05, 4.69) is 5.32 Å². The Morgan fingerprint density at radius 3 is 2.35 bits per heavy atom. The van der Waals surface area contributed by atoms with Crippen molar-refractivity contribution in [3.63, 3.8) is 0 Å². The molecule has 1 heterocycles. The van der Waals surface area contributed by atoms with Gasteiger partial charge in [0.15, 0.2) is 0 Å². The van der Waals surface area contributed by atoms with Gasteiger partial charge in [-0.15, -0.1) is 0 Å². The number of carbonyl (C=O) groups excluding carboxylic acids is 3. The van der Waals surface area contributed by atoms with Gasteiger partial charge in [-0.1, -0.05) is 29.8 Å². The van der Waals surface area contributed by atoms with Crippen LogP contribution in [0, 0.1) is 18.8 Å². The molecule has 0 bridgehead atoms. The molecule has 0 aromatic heterocycles. The fraction of sp³-hybridized carbons (Fsp3) is 0.450. The van der Waals surface area contributed by atoms with Gasteiger partial charge in [-0.25, -0.2) is 0 Å². The average molecular weight is 356 g/mol. The average Bonchev–Trinajstić information content (AvgIpc) is 2.89. The maximum Gasteiger partial charge on any atom is 0.233 e. The molecule has 2 aliphatic rings. The van der Waals surface area contributed by atoms with E-state index in [0.29, 0.717) is 26.0 Å². The lowest BCUT2D eigenvalue weighted by molar-refractivity contribution is -0.140. The van der Waals surface area contributed by atoms with E-state index in [1.165, 1.54) is 4.90 Å². The van der Waals surface area contributed by atoms with Crippen LogP contribution in [0.2, 0.25) is 0 Å². The summed E-state index contributed by atoms with van der Waals surface area (Å²) in [5.74, 6) is -0.183. The van der Waals surface area contributed by atoms with Gasteiger partial charge in [0.2, 0.25) is 17.7 Å². The van der Waals surface area contributed by atoms with Gasteiger partial charge in [-0.05, 0) is 31.9 Å². The van der Waals surface area contributed by atoms with Gasteiger partial charge in [0.1, 0.15) is 12.4 Å². The molecule has 1 aliphatic carbocycles. The van der Waals surface area contributed by atoms with E-state index < -0.39 is 0 Å². The second-order valence-corrected chi connectivity index (χ2v) is 6.75. The summed E-state index contributed by atoms with van der Waals surface area (Å²) in [6, 6.07) is 7.70. The van der Waals surface area contributed by atoms with Crippen molar-refractivity contribution in [3.05, 3.63) is 42.0 Å². The van der Waals surface area contributed by atoms with Crippen molar-refractivity contribution >= 4 is 17.7 Å². The maximum absolute atomic E-state index is 12.3. The number of allylic oxidation sites excluding steroid dienone is 2. The maximum atomic E-state index is 12.3. The normalized spacial score (nSPS) is 21.7. The van der Waals surface area contributed by atoms with Crippen molar-refractivity contribution in [3.8, 4) is 5.75 Å². The molecule has 0 saturated carbocycles. The third-order valence-corrected chi connectivity index (χ3v) is 4.88. The molecule has 2 atom stereocenters. The smallest absolute Gasteiger partial charge is 0.233 e. The number of hydrogen-bond acceptors (Lipinski definition) is 4. The van der Waals surface area contributed by atoms with E-state index in [-0.39, 0.29) is 42.5 Å². The number of fused-ring (bicyclic) bond motifs is 1. The molecule has 1 fully saturated rings. The van der Waals surface area contributed by atoms with Crippen LogP contribution in [0.15, 0.2) is 36.4 Å². The molecule has 26 heavy (non-hydrogen) atoms. The predicted octanol–water partition coefficient (Wildman–Crippen LogP) is 1.83. The minimum Gasteiger partial charge on any atom is -0.492 e. The zero-order valence-corrected chi connectivity index (χ0v) is 14.9. The van der Waals surface area contributed by atoms with E-state index in [0.717, 1.165) is 11.3 Å². The highest BCUT2D eigenvalue weighted by Crippen LogP contribution is 2.34. The van der Waals surface area contributed by atoms with Crippen LogP contribution >= 0.6 is 0 Å². The lowest BCUT2D eigenvalue weighted by Crippen LogP contribution is -2.36. The molecule has 6 nitrogen and oxygen atoms in total. The summed E-state index contributed by atoms with van der Waals surface area (Å²) >= 11 is 0. The number of carbonyl (C=O) groups is 3. The Hall–Kier alpha value is -2.63. The number of aryl methyl sites for hydroxylation is 1. The third-order valence-electron chi connectivity index (χ3n) is 4.88. The molecular weight excluding hydrogens is 332 g/mol. The Bertz CT molecular complexity index is 685. The Labute approximate surface area is 153 Å². The largest absolute Gasteiger partial charge is 0.492 e. The molecule has 3 rings (SSSR count). The number of rotatable bonds is 7. The highest BCUT2D eigenvalue weighted by Gasteiger charge is 2.46. The molecule has 1 aliphatic heterocycles. The molecule has 1 saturated heterocycles. The van der Waals surface area contributed by atoms with Gasteiger partial charge in [0.25, 0.3) is 0 Å². The van der Waals surface area contributed by atoms with Crippen LogP contribution in [-0.4, -0.2) is 42.3 Å². The number of nitrogens with one attached hydrogen (secondary N) is 1. The van der Waals surface area contributed by atoms with Gasteiger partial charge in [-0.2, -0.15) is 0 Å². The summed E-state index contributed by atoms with van der Waals surface area (Å²) in [5, 5.41) is 2.76. The molecule has 1 aromatic rings. The number of amides is 3. The summed E-state index contributed by atoms with van der Waals surface area (Å²) < 4.78 is 5.55. The molecular formula is C20H24N2O4. The van der Waals surface area contributed by atoms with Gasteiger partial charge in [0.05, 0.1) is 18.4 Å². The first-order valence-electron chi connectivity index (χ1n) is 9.02. The summed E-state index contributed by atoms with van der Waals surface area (Å²) in [6.45, 7) is 2.90. The monoisotopic (exact) mass is 356 g/mol. The van der Waals surface area contributed by atoms with Gasteiger partial charge in [-0.3, -0.25) is 19.3 Å². The first kappa shape index (κ1) is 18.2. The molecule has 1 aromatic carbocycles. The lowest BCUT2D eigenvalue weighted by Gasteiger charge is -2.14. The van der Waals surface area contributed by atoms with E-state index in [1.807, 2.05) is 43.3 Å². The first-order chi connectivity index (χ1) is 12.6. The molecule has 0 spiro atoms. The molecule has 0 radical (unpaired) electrons. The topological polar surface area (TPSA) is 75.7 Å². The second-order valence-electron chi connectivity index (χ2n) is 6.75. The highest BCUT2D eigenvalue weighted by molar-refractivity contribution is 6.05. The van der Waals surface area contributed by atoms with Crippen molar-refractivity contribution in [2.75, 3.05) is 19.7 Å². The van der Waals surface area contributed by atoms with Crippen molar-refractivity contribution in [1.82, 2.24) is 10.2 Å². The standard InChI is InChI=1S/C20H24N2O4/c1-14-6-8-15(9-7-14)26-13-11-21-18(23)10-12-22-19(24)16-4-2-3-5-17(16)20(22)25/h2-3,6-9,16-17H,4-5,10-13H2,1H3,(H,21,23)/t16-,17+. The zero-order chi connectivity index (χ0) is 18.5. The number of nitrogens with zero attached hydrogens (tertiary/aromatic N) is 1. The van der Waals surface area contributed by atoms with E-state index in [9.17, 15) is 14.4 Å². The van der Waals surface area contributed by atoms with E-state index >= 15 is 0 Å². The van der Waals surface area contributed by atoms with Crippen LogP contribution in [-0.2, 0) is 14.4 Å². The fourth-order valence-corrected chi connectivity index (χ4v) is 3.38. The van der Waals surface area contributed by atoms with Crippen molar-refractivity contribution in [2.45, 2.75) is 26.2 Å². The van der Waals surface area contributed by atoms with Gasteiger partial charge in [0, 0.05) is 13.0 Å². The Morgan fingerprint density at radius 2 is 1.73 bits per heavy atom. The second kappa shape index (κ2) is 8.17. The lowest BCUT2D eigenvalue weighted by atomic mass is 9.85. The minimum atomic E-state index is -0.238. The Morgan fingerprint density at radius 1 is 1.12 bits per heavy atom. The number of ether oxygens (including phenoxy) is 1. The highest BCUT2D eigenvalue weighted by atomic mass is 16.5. The summed E-state index contributed by atoms with van der Waals surface area (Å²) in [6.07, 6.45) is 5.27. The molecule has 3 amide bonds. The number of likely N-dealkylation sites (tertiary alicyclic amines) is 1. The van der Waals surface area contributed by atoms with Crippen LogP contribution in [0.4, 0.5) is 0 Å². The Balaban J connectivity index is 1.37. The number of imide groups is 1.